The van der Waals surface area contributed by atoms with Crippen LogP contribution in [0.4, 0.5) is 0 Å². The van der Waals surface area contributed by atoms with Crippen molar-refractivity contribution in [1.29, 1.82) is 0 Å². The Kier molecular flexibility index (Phi) is 3.15. The predicted molar refractivity (Wildman–Crippen MR) is 92.5 cm³/mol. The van der Waals surface area contributed by atoms with Crippen LogP contribution in [0.15, 0.2) is 60.2 Å². The molecule has 1 amide bonds. The Hall–Kier alpha value is -2.35. The number of hydrogen-bond acceptors (Lipinski definition) is 1. The number of carbonyl (C=O) groups excluding carboxylic acids is 1. The van der Waals surface area contributed by atoms with E-state index in [2.05, 4.69) is 50.2 Å². The van der Waals surface area contributed by atoms with E-state index in [0.29, 0.717) is 6.54 Å². The van der Waals surface area contributed by atoms with Crippen LogP contribution in [0.1, 0.15) is 37.0 Å². The summed E-state index contributed by atoms with van der Waals surface area (Å²) in [5, 5.41) is 0. The van der Waals surface area contributed by atoms with Gasteiger partial charge in [-0.25, -0.2) is 0 Å². The van der Waals surface area contributed by atoms with Crippen LogP contribution in [0.25, 0.3) is 5.70 Å². The maximum atomic E-state index is 13.1. The second kappa shape index (κ2) is 5.09. The van der Waals surface area contributed by atoms with E-state index in [4.69, 9.17) is 0 Å². The number of benzene rings is 2. The van der Waals surface area contributed by atoms with Gasteiger partial charge in [0, 0.05) is 5.56 Å². The minimum Gasteiger partial charge on any atom is -0.307 e. The van der Waals surface area contributed by atoms with Gasteiger partial charge in [0.25, 0.3) is 0 Å². The Morgan fingerprint density at radius 3 is 2.43 bits per heavy atom. The highest BCUT2D eigenvalue weighted by atomic mass is 16.2. The van der Waals surface area contributed by atoms with Gasteiger partial charge in [-0.2, -0.15) is 0 Å². The van der Waals surface area contributed by atoms with Gasteiger partial charge < -0.3 is 4.90 Å². The van der Waals surface area contributed by atoms with E-state index in [1.54, 1.807) is 0 Å². The lowest BCUT2D eigenvalue weighted by molar-refractivity contribution is -0.133. The minimum absolute atomic E-state index is 0.225. The largest absolute Gasteiger partial charge is 0.307 e. The molecule has 0 N–H and O–H groups in total. The van der Waals surface area contributed by atoms with Crippen molar-refractivity contribution in [2.75, 3.05) is 0 Å². The molecule has 4 rings (SSSR count). The summed E-state index contributed by atoms with van der Waals surface area (Å²) >= 11 is 0. The molecule has 2 aromatic carbocycles. The van der Waals surface area contributed by atoms with Crippen LogP contribution in [-0.2, 0) is 17.8 Å². The van der Waals surface area contributed by atoms with Gasteiger partial charge in [-0.05, 0) is 43.4 Å². The van der Waals surface area contributed by atoms with Crippen molar-refractivity contribution in [3.05, 3.63) is 76.9 Å². The molecule has 2 aromatic rings. The molecule has 0 bridgehead atoms. The smallest absolute Gasteiger partial charge is 0.237 e. The third-order valence-electron chi connectivity index (χ3n) is 5.19. The molecule has 1 aliphatic heterocycles. The van der Waals surface area contributed by atoms with E-state index in [0.717, 1.165) is 18.5 Å². The SMILES string of the molecule is CC1(C)C(=O)N(Cc2ccccc2)C2=C1CCc1ccccc12. The average Bonchev–Trinajstić information content (AvgIpc) is 2.77. The fourth-order valence-corrected chi connectivity index (χ4v) is 3.91. The minimum atomic E-state index is -0.391. The van der Waals surface area contributed by atoms with E-state index in [1.165, 1.54) is 22.3 Å². The number of amides is 1. The van der Waals surface area contributed by atoms with Gasteiger partial charge in [0.2, 0.25) is 5.91 Å². The molecule has 0 fully saturated rings. The van der Waals surface area contributed by atoms with E-state index < -0.39 is 5.41 Å². The van der Waals surface area contributed by atoms with Crippen molar-refractivity contribution in [2.24, 2.45) is 5.41 Å². The normalized spacial score (nSPS) is 18.9. The maximum absolute atomic E-state index is 13.1. The first-order valence-corrected chi connectivity index (χ1v) is 8.27. The highest BCUT2D eigenvalue weighted by molar-refractivity contribution is 6.01. The first kappa shape index (κ1) is 14.3. The summed E-state index contributed by atoms with van der Waals surface area (Å²) in [6, 6.07) is 18.8. The Labute approximate surface area is 137 Å². The quantitative estimate of drug-likeness (QED) is 0.804. The molecular weight excluding hydrogens is 282 g/mol. The summed E-state index contributed by atoms with van der Waals surface area (Å²) in [7, 11) is 0. The molecular formula is C21H21NO. The van der Waals surface area contributed by atoms with Gasteiger partial charge in [0.15, 0.2) is 0 Å². The van der Waals surface area contributed by atoms with Crippen LogP contribution >= 0.6 is 0 Å². The summed E-state index contributed by atoms with van der Waals surface area (Å²) in [6.45, 7) is 4.80. The standard InChI is InChI=1S/C21H21NO/c1-21(2)18-13-12-16-10-6-7-11-17(16)19(18)22(20(21)23)14-15-8-4-3-5-9-15/h3-11H,12-14H2,1-2H3. The van der Waals surface area contributed by atoms with Crippen molar-refractivity contribution < 1.29 is 4.79 Å². The molecule has 0 saturated heterocycles. The predicted octanol–water partition coefficient (Wildman–Crippen LogP) is 4.41. The van der Waals surface area contributed by atoms with Gasteiger partial charge in [0.1, 0.15) is 0 Å². The number of nitrogens with zero attached hydrogens (tertiary/aromatic N) is 1. The van der Waals surface area contributed by atoms with Crippen molar-refractivity contribution in [3.63, 3.8) is 0 Å². The number of rotatable bonds is 2. The van der Waals surface area contributed by atoms with E-state index in [1.807, 2.05) is 23.1 Å². The van der Waals surface area contributed by atoms with E-state index >= 15 is 0 Å². The molecule has 0 unspecified atom stereocenters. The Balaban J connectivity index is 1.83. The van der Waals surface area contributed by atoms with Crippen LogP contribution in [0.2, 0.25) is 0 Å². The molecule has 2 aliphatic rings. The first-order valence-electron chi connectivity index (χ1n) is 8.27. The summed E-state index contributed by atoms with van der Waals surface area (Å²) in [5.74, 6) is 0.225. The molecule has 0 spiro atoms. The van der Waals surface area contributed by atoms with Gasteiger partial charge in [0.05, 0.1) is 17.7 Å². The van der Waals surface area contributed by atoms with Gasteiger partial charge >= 0.3 is 0 Å². The van der Waals surface area contributed by atoms with Crippen LogP contribution in [0, 0.1) is 5.41 Å². The van der Waals surface area contributed by atoms with Gasteiger partial charge in [-0.1, -0.05) is 54.6 Å². The lowest BCUT2D eigenvalue weighted by Gasteiger charge is -2.25. The molecule has 0 atom stereocenters. The van der Waals surface area contributed by atoms with E-state index in [-0.39, 0.29) is 5.91 Å². The molecule has 0 saturated carbocycles. The molecule has 116 valence electrons. The molecule has 0 aromatic heterocycles. The molecule has 2 heteroatoms. The van der Waals surface area contributed by atoms with Gasteiger partial charge in [-0.3, -0.25) is 4.79 Å². The number of fused-ring (bicyclic) bond motifs is 2. The van der Waals surface area contributed by atoms with Crippen molar-refractivity contribution >= 4 is 11.6 Å². The third-order valence-corrected chi connectivity index (χ3v) is 5.19. The fraction of sp³-hybridized carbons (Fsp3) is 0.286. The summed E-state index contributed by atoms with van der Waals surface area (Å²) in [6.07, 6.45) is 2.02. The van der Waals surface area contributed by atoms with Crippen molar-refractivity contribution in [1.82, 2.24) is 4.90 Å². The topological polar surface area (TPSA) is 20.3 Å². The van der Waals surface area contributed by atoms with Gasteiger partial charge in [-0.15, -0.1) is 0 Å². The Morgan fingerprint density at radius 2 is 1.65 bits per heavy atom. The molecule has 1 aliphatic carbocycles. The maximum Gasteiger partial charge on any atom is 0.237 e. The zero-order valence-corrected chi connectivity index (χ0v) is 13.7. The van der Waals surface area contributed by atoms with Crippen LogP contribution in [-0.4, -0.2) is 10.8 Å². The lowest BCUT2D eigenvalue weighted by atomic mass is 9.78. The second-order valence-electron chi connectivity index (χ2n) is 6.99. The summed E-state index contributed by atoms with van der Waals surface area (Å²) in [5.41, 5.74) is 5.84. The molecule has 1 heterocycles. The van der Waals surface area contributed by atoms with Crippen LogP contribution < -0.4 is 0 Å². The fourth-order valence-electron chi connectivity index (χ4n) is 3.91. The monoisotopic (exact) mass is 303 g/mol. The third kappa shape index (κ3) is 2.13. The lowest BCUT2D eigenvalue weighted by Crippen LogP contribution is -2.32. The summed E-state index contributed by atoms with van der Waals surface area (Å²) < 4.78 is 0. The number of aryl methyl sites for hydroxylation is 1. The molecule has 23 heavy (non-hydrogen) atoms. The van der Waals surface area contributed by atoms with Crippen molar-refractivity contribution in [2.45, 2.75) is 33.2 Å². The van der Waals surface area contributed by atoms with E-state index in [9.17, 15) is 4.79 Å². The zero-order chi connectivity index (χ0) is 16.0. The Bertz CT molecular complexity index is 802. The number of hydrogen-bond donors (Lipinski definition) is 0. The summed E-state index contributed by atoms with van der Waals surface area (Å²) in [4.78, 5) is 15.1. The first-order chi connectivity index (χ1) is 11.1. The highest BCUT2D eigenvalue weighted by Gasteiger charge is 2.47. The van der Waals surface area contributed by atoms with Crippen LogP contribution in [0.5, 0.6) is 0 Å². The second-order valence-corrected chi connectivity index (χ2v) is 6.99. The number of carbonyl (C=O) groups is 1. The van der Waals surface area contributed by atoms with Crippen molar-refractivity contribution in [3.8, 4) is 0 Å². The highest BCUT2D eigenvalue weighted by Crippen LogP contribution is 2.49. The Morgan fingerprint density at radius 1 is 0.957 bits per heavy atom. The molecule has 0 radical (unpaired) electrons. The molecule has 2 nitrogen and oxygen atoms in total. The average molecular weight is 303 g/mol. The zero-order valence-electron chi connectivity index (χ0n) is 13.7. The van der Waals surface area contributed by atoms with Crippen LogP contribution in [0.3, 0.4) is 0 Å².